The maximum atomic E-state index is 12.9. The Morgan fingerprint density at radius 3 is 1.97 bits per heavy atom. The largest absolute Gasteiger partial charge is 0.493 e. The van der Waals surface area contributed by atoms with Crippen molar-refractivity contribution >= 4 is 11.9 Å². The van der Waals surface area contributed by atoms with E-state index in [1.54, 1.807) is 18.2 Å². The summed E-state index contributed by atoms with van der Waals surface area (Å²) in [5.74, 6) is 2.01. The molecule has 2 aromatic rings. The van der Waals surface area contributed by atoms with Crippen molar-refractivity contribution in [3.63, 3.8) is 0 Å². The smallest absolute Gasteiger partial charge is 0.186 e. The minimum absolute atomic E-state index is 0.0957. The van der Waals surface area contributed by atoms with Crippen molar-refractivity contribution in [1.82, 2.24) is 0 Å². The second-order valence-electron chi connectivity index (χ2n) is 7.16. The van der Waals surface area contributed by atoms with Crippen molar-refractivity contribution in [3.05, 3.63) is 59.2 Å². The lowest BCUT2D eigenvalue weighted by Gasteiger charge is -2.11. The van der Waals surface area contributed by atoms with Crippen molar-refractivity contribution in [2.45, 2.75) is 53.4 Å². The maximum absolute atomic E-state index is 12.9. The quantitative estimate of drug-likeness (QED) is 0.279. The average Bonchev–Trinajstić information content (AvgIpc) is 2.78. The second-order valence-corrected chi connectivity index (χ2v) is 7.16. The molecule has 2 aromatic carbocycles. The average molecular weight is 411 g/mol. The van der Waals surface area contributed by atoms with Gasteiger partial charge in [-0.05, 0) is 67.7 Å². The van der Waals surface area contributed by atoms with Crippen LogP contribution in [-0.2, 0) is 6.42 Å². The van der Waals surface area contributed by atoms with Crippen LogP contribution in [0.5, 0.6) is 17.2 Å². The predicted octanol–water partition coefficient (Wildman–Crippen LogP) is 6.51. The number of ketones is 1. The Balaban J connectivity index is 2.28. The molecule has 0 bridgehead atoms. The number of hydrogen-bond acceptors (Lipinski definition) is 4. The van der Waals surface area contributed by atoms with Crippen molar-refractivity contribution < 1.29 is 19.0 Å². The SMILES string of the molecule is CCCOc1cc(OCCC)cc(C(=O)C=Cc2cc(CC)ccc2OCCC)c1. The molecule has 162 valence electrons. The molecular weight excluding hydrogens is 376 g/mol. The summed E-state index contributed by atoms with van der Waals surface area (Å²) < 4.78 is 17.3. The minimum atomic E-state index is -0.0957. The number of benzene rings is 2. The third-order valence-corrected chi connectivity index (χ3v) is 4.47. The van der Waals surface area contributed by atoms with Gasteiger partial charge in [-0.2, -0.15) is 0 Å². The molecule has 0 saturated heterocycles. The van der Waals surface area contributed by atoms with Crippen LogP contribution < -0.4 is 14.2 Å². The Morgan fingerprint density at radius 1 is 0.800 bits per heavy atom. The molecule has 0 fully saturated rings. The van der Waals surface area contributed by atoms with Crippen LogP contribution in [-0.4, -0.2) is 25.6 Å². The molecule has 0 radical (unpaired) electrons. The molecule has 0 atom stereocenters. The summed E-state index contributed by atoms with van der Waals surface area (Å²) in [6, 6.07) is 11.5. The second kappa shape index (κ2) is 12.7. The Kier molecular flexibility index (Phi) is 9.99. The number of allylic oxidation sites excluding steroid dienone is 1. The van der Waals surface area contributed by atoms with E-state index in [0.717, 1.165) is 37.0 Å². The molecule has 0 aromatic heterocycles. The first-order valence-electron chi connectivity index (χ1n) is 11.0. The third-order valence-electron chi connectivity index (χ3n) is 4.47. The van der Waals surface area contributed by atoms with Crippen LogP contribution >= 0.6 is 0 Å². The van der Waals surface area contributed by atoms with E-state index in [0.29, 0.717) is 36.9 Å². The molecule has 0 spiro atoms. The predicted molar refractivity (Wildman–Crippen MR) is 123 cm³/mol. The third kappa shape index (κ3) is 7.25. The van der Waals surface area contributed by atoms with Crippen LogP contribution in [0.3, 0.4) is 0 Å². The van der Waals surface area contributed by atoms with E-state index < -0.39 is 0 Å². The van der Waals surface area contributed by atoms with Gasteiger partial charge in [-0.15, -0.1) is 0 Å². The molecule has 0 amide bonds. The lowest BCUT2D eigenvalue weighted by Crippen LogP contribution is -2.02. The number of aryl methyl sites for hydroxylation is 1. The van der Waals surface area contributed by atoms with Gasteiger partial charge >= 0.3 is 0 Å². The number of rotatable bonds is 13. The van der Waals surface area contributed by atoms with Crippen molar-refractivity contribution in [3.8, 4) is 17.2 Å². The van der Waals surface area contributed by atoms with Gasteiger partial charge in [0.05, 0.1) is 19.8 Å². The fourth-order valence-electron chi connectivity index (χ4n) is 2.87. The Hall–Kier alpha value is -2.75. The number of hydrogen-bond donors (Lipinski definition) is 0. The number of carbonyl (C=O) groups is 1. The molecule has 0 N–H and O–H groups in total. The maximum Gasteiger partial charge on any atom is 0.186 e. The van der Waals surface area contributed by atoms with Crippen LogP contribution in [0.25, 0.3) is 6.08 Å². The zero-order valence-electron chi connectivity index (χ0n) is 18.7. The normalized spacial score (nSPS) is 10.9. The summed E-state index contributed by atoms with van der Waals surface area (Å²) in [5, 5.41) is 0. The fourth-order valence-corrected chi connectivity index (χ4v) is 2.87. The standard InChI is InChI=1S/C26H34O4/c1-5-13-28-23-17-22(18-24(19-23)29-14-6-2)25(27)11-10-21-16-20(8-4)9-12-26(21)30-15-7-3/h9-12,16-19H,5-8,13-15H2,1-4H3. The fraction of sp³-hybridized carbons (Fsp3) is 0.423. The molecule has 0 saturated carbocycles. The minimum Gasteiger partial charge on any atom is -0.493 e. The van der Waals surface area contributed by atoms with Gasteiger partial charge in [0, 0.05) is 17.2 Å². The molecule has 0 aliphatic rings. The van der Waals surface area contributed by atoms with E-state index in [4.69, 9.17) is 14.2 Å². The zero-order chi connectivity index (χ0) is 21.8. The van der Waals surface area contributed by atoms with E-state index in [1.165, 1.54) is 5.56 Å². The number of ether oxygens (including phenoxy) is 3. The lowest BCUT2D eigenvalue weighted by molar-refractivity contribution is 0.104. The van der Waals surface area contributed by atoms with Gasteiger partial charge in [-0.3, -0.25) is 4.79 Å². The Morgan fingerprint density at radius 2 is 1.40 bits per heavy atom. The van der Waals surface area contributed by atoms with Crippen molar-refractivity contribution in [1.29, 1.82) is 0 Å². The Labute approximate surface area is 180 Å². The molecule has 30 heavy (non-hydrogen) atoms. The highest BCUT2D eigenvalue weighted by Crippen LogP contribution is 2.26. The lowest BCUT2D eigenvalue weighted by atomic mass is 10.0. The van der Waals surface area contributed by atoms with Gasteiger partial charge in [0.15, 0.2) is 5.78 Å². The van der Waals surface area contributed by atoms with Crippen LogP contribution in [0, 0.1) is 0 Å². The molecule has 0 heterocycles. The van der Waals surface area contributed by atoms with Gasteiger partial charge < -0.3 is 14.2 Å². The van der Waals surface area contributed by atoms with Crippen molar-refractivity contribution in [2.24, 2.45) is 0 Å². The summed E-state index contributed by atoms with van der Waals surface area (Å²) in [5.41, 5.74) is 2.67. The van der Waals surface area contributed by atoms with Gasteiger partial charge in [0.2, 0.25) is 0 Å². The van der Waals surface area contributed by atoms with Crippen molar-refractivity contribution in [2.75, 3.05) is 19.8 Å². The Bertz CT molecular complexity index is 813. The van der Waals surface area contributed by atoms with Gasteiger partial charge in [-0.1, -0.05) is 33.8 Å². The summed E-state index contributed by atoms with van der Waals surface area (Å²) in [6.07, 6.45) is 7.09. The van der Waals surface area contributed by atoms with Gasteiger partial charge in [0.1, 0.15) is 17.2 Å². The summed E-state index contributed by atoms with van der Waals surface area (Å²) in [4.78, 5) is 12.9. The van der Waals surface area contributed by atoms with E-state index in [1.807, 2.05) is 18.2 Å². The van der Waals surface area contributed by atoms with Crippen LogP contribution in [0.2, 0.25) is 0 Å². The first-order chi connectivity index (χ1) is 14.6. The van der Waals surface area contributed by atoms with Crippen LogP contribution in [0.1, 0.15) is 68.4 Å². The first kappa shape index (κ1) is 23.5. The molecule has 4 nitrogen and oxygen atoms in total. The van der Waals surface area contributed by atoms with E-state index in [9.17, 15) is 4.79 Å². The zero-order valence-corrected chi connectivity index (χ0v) is 18.7. The summed E-state index contributed by atoms with van der Waals surface area (Å²) >= 11 is 0. The molecule has 0 unspecified atom stereocenters. The monoisotopic (exact) mass is 410 g/mol. The van der Waals surface area contributed by atoms with E-state index in [2.05, 4.69) is 39.8 Å². The highest BCUT2D eigenvalue weighted by atomic mass is 16.5. The molecule has 0 aliphatic carbocycles. The highest BCUT2D eigenvalue weighted by Gasteiger charge is 2.10. The molecule has 0 aliphatic heterocycles. The molecule has 2 rings (SSSR count). The van der Waals surface area contributed by atoms with Crippen LogP contribution in [0.4, 0.5) is 0 Å². The molecular formula is C26H34O4. The van der Waals surface area contributed by atoms with E-state index >= 15 is 0 Å². The number of carbonyl (C=O) groups excluding carboxylic acids is 1. The summed E-state index contributed by atoms with van der Waals surface area (Å²) in [7, 11) is 0. The highest BCUT2D eigenvalue weighted by molar-refractivity contribution is 6.07. The van der Waals surface area contributed by atoms with Crippen LogP contribution in [0.15, 0.2) is 42.5 Å². The van der Waals surface area contributed by atoms with E-state index in [-0.39, 0.29) is 5.78 Å². The van der Waals surface area contributed by atoms with Gasteiger partial charge in [0.25, 0.3) is 0 Å². The summed E-state index contributed by atoms with van der Waals surface area (Å²) in [6.45, 7) is 10.1. The van der Waals surface area contributed by atoms with Gasteiger partial charge in [-0.25, -0.2) is 0 Å². The first-order valence-corrected chi connectivity index (χ1v) is 11.0. The molecule has 4 heteroatoms. The topological polar surface area (TPSA) is 44.8 Å².